The Hall–Kier alpha value is -3.70. The first-order valence-corrected chi connectivity index (χ1v) is 15.6. The Bertz CT molecular complexity index is 1860. The number of nitrogens with one attached hydrogen (secondary N) is 1. The second-order valence-electron chi connectivity index (χ2n) is 11.0. The van der Waals surface area contributed by atoms with Crippen LogP contribution in [0.2, 0.25) is 0 Å². The van der Waals surface area contributed by atoms with Crippen LogP contribution in [0, 0.1) is 0 Å². The van der Waals surface area contributed by atoms with Crippen molar-refractivity contribution in [3.05, 3.63) is 44.8 Å². The summed E-state index contributed by atoms with van der Waals surface area (Å²) in [5, 5.41) is 11.6. The van der Waals surface area contributed by atoms with Gasteiger partial charge >= 0.3 is 6.03 Å². The van der Waals surface area contributed by atoms with Crippen molar-refractivity contribution in [1.82, 2.24) is 38.9 Å². The largest absolute Gasteiger partial charge is 0.366 e. The maximum absolute atomic E-state index is 14.1. The van der Waals surface area contributed by atoms with Gasteiger partial charge in [-0.3, -0.25) is 9.36 Å². The van der Waals surface area contributed by atoms with Gasteiger partial charge in [-0.1, -0.05) is 11.3 Å². The minimum Gasteiger partial charge on any atom is -0.366 e. The summed E-state index contributed by atoms with van der Waals surface area (Å²) >= 11 is 0.701. The summed E-state index contributed by atoms with van der Waals surface area (Å²) in [6, 6.07) is 4.38. The Morgan fingerprint density at radius 1 is 1.17 bits per heavy atom. The van der Waals surface area contributed by atoms with Gasteiger partial charge in [0, 0.05) is 51.9 Å². The number of hydrogen-bond acceptors (Lipinski definition) is 9. The summed E-state index contributed by atoms with van der Waals surface area (Å²) in [6.45, 7) is 3.27. The topological polar surface area (TPSA) is 138 Å². The third-order valence-electron chi connectivity index (χ3n) is 7.58. The zero-order valence-corrected chi connectivity index (χ0v) is 24.8. The lowest BCUT2D eigenvalue weighted by molar-refractivity contribution is 0.150. The summed E-state index contributed by atoms with van der Waals surface area (Å²) in [7, 11) is -0.647. The first kappa shape index (κ1) is 28.4. The summed E-state index contributed by atoms with van der Waals surface area (Å²) in [5.41, 5.74) is 0.205. The van der Waals surface area contributed by atoms with E-state index in [9.17, 15) is 26.8 Å². The Balaban J connectivity index is 1.51. The Morgan fingerprint density at radius 3 is 2.50 bits per heavy atom. The number of rotatable bonds is 7. The Kier molecular flexibility index (Phi) is 6.93. The van der Waals surface area contributed by atoms with E-state index in [1.165, 1.54) is 21.7 Å². The number of hydrogen-bond donors (Lipinski definition) is 1. The van der Waals surface area contributed by atoms with Gasteiger partial charge in [-0.25, -0.2) is 31.2 Å². The van der Waals surface area contributed by atoms with Gasteiger partial charge in [-0.15, -0.1) is 10.2 Å². The molecule has 6 rings (SSSR count). The molecule has 0 bridgehead atoms. The maximum atomic E-state index is 14.1. The number of aromatic nitrogens is 5. The standard InChI is InChI=1S/C25H29F2N9O4S2/c1-25(5-6-25)31-42(39,40)15-12-16-20(17(13-15)33-8-10-34(11-9-33)24(38)32(2)3)36-19(4-7-28-36)35(23(16)37)14-18-29-30-22(41-18)21(26)27/h4,7,12-13,21,31H,5-6,8-11,14H2,1-3H3. The number of sulfonamides is 1. The van der Waals surface area contributed by atoms with Crippen LogP contribution in [0.1, 0.15) is 36.2 Å². The number of amides is 2. The van der Waals surface area contributed by atoms with E-state index in [1.807, 2.05) is 11.8 Å². The number of urea groups is 1. The number of halogens is 2. The molecule has 17 heteroatoms. The number of nitrogens with zero attached hydrogens (tertiary/aromatic N) is 8. The first-order chi connectivity index (χ1) is 19.9. The van der Waals surface area contributed by atoms with E-state index >= 15 is 0 Å². The van der Waals surface area contributed by atoms with E-state index < -0.39 is 32.6 Å². The predicted molar refractivity (Wildman–Crippen MR) is 152 cm³/mol. The van der Waals surface area contributed by atoms with Crippen LogP contribution in [-0.2, 0) is 16.6 Å². The highest BCUT2D eigenvalue weighted by Crippen LogP contribution is 2.37. The highest BCUT2D eigenvalue weighted by Gasteiger charge is 2.41. The van der Waals surface area contributed by atoms with Crippen molar-refractivity contribution in [1.29, 1.82) is 0 Å². The third kappa shape index (κ3) is 5.09. The predicted octanol–water partition coefficient (Wildman–Crippen LogP) is 2.12. The zero-order chi connectivity index (χ0) is 30.0. The summed E-state index contributed by atoms with van der Waals surface area (Å²) in [6.07, 6.45) is 0.131. The van der Waals surface area contributed by atoms with Crippen molar-refractivity contribution in [2.75, 3.05) is 45.2 Å². The van der Waals surface area contributed by atoms with Gasteiger partial charge in [-0.2, -0.15) is 5.10 Å². The summed E-state index contributed by atoms with van der Waals surface area (Å²) in [4.78, 5) is 31.7. The number of carbonyl (C=O) groups excluding carboxylic acids is 1. The molecule has 1 aliphatic heterocycles. The van der Waals surface area contributed by atoms with Crippen molar-refractivity contribution >= 4 is 49.6 Å². The van der Waals surface area contributed by atoms with Gasteiger partial charge in [0.2, 0.25) is 10.0 Å². The molecule has 4 heterocycles. The first-order valence-electron chi connectivity index (χ1n) is 13.3. The van der Waals surface area contributed by atoms with Gasteiger partial charge in [0.1, 0.15) is 16.2 Å². The monoisotopic (exact) mass is 621 g/mol. The molecule has 0 spiro atoms. The molecule has 2 amide bonds. The normalized spacial score (nSPS) is 17.0. The molecule has 13 nitrogen and oxygen atoms in total. The van der Waals surface area contributed by atoms with E-state index in [1.54, 1.807) is 35.6 Å². The lowest BCUT2D eigenvalue weighted by atomic mass is 10.1. The van der Waals surface area contributed by atoms with Crippen LogP contribution >= 0.6 is 11.3 Å². The van der Waals surface area contributed by atoms with Crippen LogP contribution < -0.4 is 15.2 Å². The molecule has 0 unspecified atom stereocenters. The molecular formula is C25H29F2N9O4S2. The van der Waals surface area contributed by atoms with Gasteiger partial charge in [0.05, 0.1) is 28.7 Å². The van der Waals surface area contributed by atoms with Crippen molar-refractivity contribution in [2.24, 2.45) is 0 Å². The maximum Gasteiger partial charge on any atom is 0.319 e. The fourth-order valence-corrected chi connectivity index (χ4v) is 7.30. The number of benzene rings is 1. The van der Waals surface area contributed by atoms with E-state index in [4.69, 9.17) is 0 Å². The second-order valence-corrected chi connectivity index (χ2v) is 13.8. The molecule has 2 aliphatic rings. The average molecular weight is 622 g/mol. The number of anilines is 1. The van der Waals surface area contributed by atoms with Crippen molar-refractivity contribution in [2.45, 2.75) is 43.2 Å². The van der Waals surface area contributed by atoms with Gasteiger partial charge in [-0.05, 0) is 31.9 Å². The second kappa shape index (κ2) is 10.2. The van der Waals surface area contributed by atoms with Crippen molar-refractivity contribution in [3.63, 3.8) is 0 Å². The molecule has 1 aromatic carbocycles. The molecule has 1 N–H and O–H groups in total. The summed E-state index contributed by atoms with van der Waals surface area (Å²) < 4.78 is 59.0. The number of alkyl halides is 2. The SMILES string of the molecule is CN(C)C(=O)N1CCN(c2cc(S(=O)(=O)NC3(C)CC3)cc3c(=O)n(Cc4nnc(C(F)F)s4)c4ccnn4c23)CC1. The number of piperazine rings is 1. The number of fused-ring (bicyclic) bond motifs is 3. The average Bonchev–Trinajstić information content (AvgIpc) is 3.32. The van der Waals surface area contributed by atoms with Crippen LogP contribution in [0.15, 0.2) is 34.1 Å². The molecule has 4 aromatic rings. The molecule has 42 heavy (non-hydrogen) atoms. The van der Waals surface area contributed by atoms with E-state index in [0.29, 0.717) is 67.2 Å². The lowest BCUT2D eigenvalue weighted by Crippen LogP contribution is -2.51. The van der Waals surface area contributed by atoms with Gasteiger partial charge in [0.15, 0.2) is 5.01 Å². The molecule has 0 atom stereocenters. The molecule has 2 fully saturated rings. The van der Waals surface area contributed by atoms with Crippen molar-refractivity contribution < 1.29 is 22.0 Å². The quantitative estimate of drug-likeness (QED) is 0.331. The molecule has 0 radical (unpaired) electrons. The molecule has 1 saturated carbocycles. The Morgan fingerprint density at radius 2 is 1.88 bits per heavy atom. The highest BCUT2D eigenvalue weighted by atomic mass is 32.2. The van der Waals surface area contributed by atoms with Crippen LogP contribution in [-0.4, -0.2) is 94.4 Å². The van der Waals surface area contributed by atoms with E-state index in [-0.39, 0.29) is 27.9 Å². The minimum absolute atomic E-state index is 0.0732. The number of carbonyl (C=O) groups is 1. The lowest BCUT2D eigenvalue weighted by Gasteiger charge is -2.37. The van der Waals surface area contributed by atoms with Crippen LogP contribution in [0.4, 0.5) is 19.3 Å². The van der Waals surface area contributed by atoms with Crippen LogP contribution in [0.25, 0.3) is 16.6 Å². The summed E-state index contributed by atoms with van der Waals surface area (Å²) in [5.74, 6) is 0. The van der Waals surface area contributed by atoms with E-state index in [0.717, 1.165) is 0 Å². The molecular weight excluding hydrogens is 592 g/mol. The van der Waals surface area contributed by atoms with Crippen LogP contribution in [0.5, 0.6) is 0 Å². The van der Waals surface area contributed by atoms with Gasteiger partial charge < -0.3 is 14.7 Å². The third-order valence-corrected chi connectivity index (χ3v) is 10.1. The zero-order valence-electron chi connectivity index (χ0n) is 23.1. The van der Waals surface area contributed by atoms with Crippen LogP contribution in [0.3, 0.4) is 0 Å². The molecule has 1 aliphatic carbocycles. The smallest absolute Gasteiger partial charge is 0.319 e. The fourth-order valence-electron chi connectivity index (χ4n) is 5.10. The Labute approximate surface area is 243 Å². The molecule has 224 valence electrons. The van der Waals surface area contributed by atoms with E-state index in [2.05, 4.69) is 20.0 Å². The minimum atomic E-state index is -4.01. The van der Waals surface area contributed by atoms with Gasteiger partial charge in [0.25, 0.3) is 12.0 Å². The fraction of sp³-hybridized carbons (Fsp3) is 0.480. The van der Waals surface area contributed by atoms with Crippen molar-refractivity contribution in [3.8, 4) is 0 Å². The highest BCUT2D eigenvalue weighted by molar-refractivity contribution is 7.89. The molecule has 1 saturated heterocycles. The molecule has 3 aromatic heterocycles.